The van der Waals surface area contributed by atoms with Gasteiger partial charge in [-0.2, -0.15) is 5.26 Å². The van der Waals surface area contributed by atoms with Crippen LogP contribution < -0.4 is 0 Å². The molecular weight excluding hydrogens is 222 g/mol. The lowest BCUT2D eigenvalue weighted by molar-refractivity contribution is -0.145. The van der Waals surface area contributed by atoms with Gasteiger partial charge in [0.2, 0.25) is 0 Å². The molecule has 2 rings (SSSR count). The molecule has 0 radical (unpaired) electrons. The highest BCUT2D eigenvalue weighted by Gasteiger charge is 2.35. The van der Waals surface area contributed by atoms with Crippen molar-refractivity contribution in [3.8, 4) is 6.07 Å². The summed E-state index contributed by atoms with van der Waals surface area (Å²) in [4.78, 5) is 12.7. The summed E-state index contributed by atoms with van der Waals surface area (Å²) in [6, 6.07) is 9.94. The number of carbonyl (C=O) groups is 1. The van der Waals surface area contributed by atoms with Crippen molar-refractivity contribution < 1.29 is 9.53 Å². The van der Waals surface area contributed by atoms with Crippen LogP contribution in [0.4, 0.5) is 0 Å². The molecule has 0 saturated carbocycles. The van der Waals surface area contributed by atoms with Gasteiger partial charge in [-0.25, -0.2) is 0 Å². The van der Waals surface area contributed by atoms with Crippen molar-refractivity contribution in [1.29, 1.82) is 5.26 Å². The average Bonchev–Trinajstić information content (AvgIpc) is 2.36. The molecule has 1 aromatic carbocycles. The number of hydrogen-bond donors (Lipinski definition) is 0. The van der Waals surface area contributed by atoms with Crippen molar-refractivity contribution in [3.05, 3.63) is 29.8 Å². The largest absolute Gasteiger partial charge is 0.469 e. The Bertz CT molecular complexity index is 453. The molecule has 3 nitrogen and oxygen atoms in total. The first-order valence-electron chi connectivity index (χ1n) is 4.97. The molecule has 1 aromatic rings. The molecule has 0 bridgehead atoms. The number of nitriles is 1. The van der Waals surface area contributed by atoms with Crippen LogP contribution in [0.25, 0.3) is 0 Å². The van der Waals surface area contributed by atoms with E-state index in [0.717, 1.165) is 10.5 Å². The van der Waals surface area contributed by atoms with Crippen molar-refractivity contribution in [2.75, 3.05) is 12.9 Å². The highest BCUT2D eigenvalue weighted by Crippen LogP contribution is 2.40. The first-order valence-corrected chi connectivity index (χ1v) is 5.95. The number of thioether (sulfide) groups is 1. The summed E-state index contributed by atoms with van der Waals surface area (Å²) < 4.78 is 4.73. The number of methoxy groups -OCH3 is 1. The van der Waals surface area contributed by atoms with Gasteiger partial charge in [-0.05, 0) is 11.6 Å². The van der Waals surface area contributed by atoms with Crippen LogP contribution in [0, 0.1) is 17.2 Å². The first kappa shape index (κ1) is 11.0. The SMILES string of the molecule is COC(=O)C1CSc2ccccc2C1C#N. The van der Waals surface area contributed by atoms with Crippen molar-refractivity contribution in [3.63, 3.8) is 0 Å². The Labute approximate surface area is 98.4 Å². The predicted octanol–water partition coefficient (Wildman–Crippen LogP) is 2.19. The Morgan fingerprint density at radius 1 is 1.56 bits per heavy atom. The summed E-state index contributed by atoms with van der Waals surface area (Å²) >= 11 is 1.61. The Kier molecular flexibility index (Phi) is 3.16. The number of rotatable bonds is 1. The molecule has 1 heterocycles. The van der Waals surface area contributed by atoms with E-state index in [4.69, 9.17) is 4.74 Å². The maximum Gasteiger partial charge on any atom is 0.311 e. The Morgan fingerprint density at radius 2 is 2.31 bits per heavy atom. The van der Waals surface area contributed by atoms with Gasteiger partial charge in [-0.15, -0.1) is 11.8 Å². The summed E-state index contributed by atoms with van der Waals surface area (Å²) in [5, 5.41) is 9.19. The van der Waals surface area contributed by atoms with Crippen LogP contribution >= 0.6 is 11.8 Å². The molecule has 0 N–H and O–H groups in total. The van der Waals surface area contributed by atoms with E-state index in [0.29, 0.717) is 5.75 Å². The lowest BCUT2D eigenvalue weighted by Gasteiger charge is -2.26. The summed E-state index contributed by atoms with van der Waals surface area (Å²) in [5.74, 6) is -0.421. The van der Waals surface area contributed by atoms with E-state index >= 15 is 0 Å². The maximum absolute atomic E-state index is 11.6. The number of esters is 1. The molecule has 0 amide bonds. The van der Waals surface area contributed by atoms with Crippen LogP contribution in [0.3, 0.4) is 0 Å². The summed E-state index contributed by atoms with van der Waals surface area (Å²) in [7, 11) is 1.36. The van der Waals surface area contributed by atoms with Crippen LogP contribution in [-0.4, -0.2) is 18.8 Å². The number of ether oxygens (including phenoxy) is 1. The number of fused-ring (bicyclic) bond motifs is 1. The summed E-state index contributed by atoms with van der Waals surface area (Å²) in [6.45, 7) is 0. The smallest absolute Gasteiger partial charge is 0.311 e. The Morgan fingerprint density at radius 3 is 3.00 bits per heavy atom. The highest BCUT2D eigenvalue weighted by molar-refractivity contribution is 7.99. The Balaban J connectivity index is 2.38. The second-order valence-electron chi connectivity index (χ2n) is 3.59. The minimum absolute atomic E-state index is 0.298. The minimum Gasteiger partial charge on any atom is -0.469 e. The molecule has 1 aliphatic heterocycles. The van der Waals surface area contributed by atoms with Crippen LogP contribution in [-0.2, 0) is 9.53 Å². The average molecular weight is 233 g/mol. The van der Waals surface area contributed by atoms with Gasteiger partial charge in [0.1, 0.15) is 0 Å². The van der Waals surface area contributed by atoms with E-state index in [1.54, 1.807) is 11.8 Å². The zero-order valence-corrected chi connectivity index (χ0v) is 9.66. The third-order valence-corrected chi connectivity index (χ3v) is 3.93. The van der Waals surface area contributed by atoms with Gasteiger partial charge in [-0.1, -0.05) is 18.2 Å². The van der Waals surface area contributed by atoms with Crippen LogP contribution in [0.2, 0.25) is 0 Å². The fraction of sp³-hybridized carbons (Fsp3) is 0.333. The normalized spacial score (nSPS) is 23.0. The van der Waals surface area contributed by atoms with E-state index in [9.17, 15) is 10.1 Å². The molecule has 2 unspecified atom stereocenters. The molecule has 82 valence electrons. The molecule has 16 heavy (non-hydrogen) atoms. The van der Waals surface area contributed by atoms with Crippen molar-refractivity contribution in [1.82, 2.24) is 0 Å². The molecule has 2 atom stereocenters. The van der Waals surface area contributed by atoms with Gasteiger partial charge in [0.05, 0.1) is 25.0 Å². The molecule has 1 aliphatic rings. The third kappa shape index (κ3) is 1.79. The number of carbonyl (C=O) groups excluding carboxylic acids is 1. The molecule has 0 spiro atoms. The van der Waals surface area contributed by atoms with Crippen molar-refractivity contribution >= 4 is 17.7 Å². The van der Waals surface area contributed by atoms with E-state index in [1.807, 2.05) is 24.3 Å². The second kappa shape index (κ2) is 4.58. The second-order valence-corrected chi connectivity index (χ2v) is 4.65. The standard InChI is InChI=1S/C12H11NO2S/c1-15-12(14)10-7-16-11-5-3-2-4-8(11)9(10)6-13/h2-5,9-10H,7H2,1H3. The van der Waals surface area contributed by atoms with E-state index in [2.05, 4.69) is 6.07 Å². The minimum atomic E-state index is -0.384. The van der Waals surface area contributed by atoms with Crippen LogP contribution in [0.5, 0.6) is 0 Å². The Hall–Kier alpha value is -1.47. The van der Waals surface area contributed by atoms with E-state index in [1.165, 1.54) is 7.11 Å². The number of nitrogens with zero attached hydrogens (tertiary/aromatic N) is 1. The molecule has 0 fully saturated rings. The molecule has 0 aliphatic carbocycles. The predicted molar refractivity (Wildman–Crippen MR) is 61.0 cm³/mol. The topological polar surface area (TPSA) is 50.1 Å². The first-order chi connectivity index (χ1) is 7.77. The molecule has 0 saturated heterocycles. The van der Waals surface area contributed by atoms with E-state index in [-0.39, 0.29) is 17.8 Å². The highest BCUT2D eigenvalue weighted by atomic mass is 32.2. The number of benzene rings is 1. The third-order valence-electron chi connectivity index (χ3n) is 2.72. The lowest BCUT2D eigenvalue weighted by Crippen LogP contribution is -2.28. The van der Waals surface area contributed by atoms with Crippen molar-refractivity contribution in [2.24, 2.45) is 5.92 Å². The summed E-state index contributed by atoms with van der Waals surface area (Å²) in [5.41, 5.74) is 0.941. The van der Waals surface area contributed by atoms with Gasteiger partial charge in [0, 0.05) is 10.6 Å². The van der Waals surface area contributed by atoms with Gasteiger partial charge in [0.15, 0.2) is 0 Å². The van der Waals surface area contributed by atoms with Gasteiger partial charge in [-0.3, -0.25) is 4.79 Å². The van der Waals surface area contributed by atoms with Crippen molar-refractivity contribution in [2.45, 2.75) is 10.8 Å². The van der Waals surface area contributed by atoms with Gasteiger partial charge in [0.25, 0.3) is 0 Å². The zero-order chi connectivity index (χ0) is 11.5. The fourth-order valence-corrected chi connectivity index (χ4v) is 3.10. The molecule has 4 heteroatoms. The zero-order valence-electron chi connectivity index (χ0n) is 8.84. The van der Waals surface area contributed by atoms with Crippen LogP contribution in [0.1, 0.15) is 11.5 Å². The fourth-order valence-electron chi connectivity index (χ4n) is 1.88. The quantitative estimate of drug-likeness (QED) is 0.698. The van der Waals surface area contributed by atoms with Crippen LogP contribution in [0.15, 0.2) is 29.2 Å². The van der Waals surface area contributed by atoms with Gasteiger partial charge >= 0.3 is 5.97 Å². The molecule has 0 aromatic heterocycles. The lowest BCUT2D eigenvalue weighted by atomic mass is 9.88. The van der Waals surface area contributed by atoms with Gasteiger partial charge < -0.3 is 4.74 Å². The number of hydrogen-bond acceptors (Lipinski definition) is 4. The molecular formula is C12H11NO2S. The summed E-state index contributed by atoms with van der Waals surface area (Å²) in [6.07, 6.45) is 0. The van der Waals surface area contributed by atoms with E-state index < -0.39 is 0 Å². The monoisotopic (exact) mass is 233 g/mol. The maximum atomic E-state index is 11.6.